The van der Waals surface area contributed by atoms with Crippen molar-refractivity contribution in [1.82, 2.24) is 0 Å². The number of fused-ring (bicyclic) bond motifs is 10. The van der Waals surface area contributed by atoms with Crippen molar-refractivity contribution in [2.75, 3.05) is 0 Å². The van der Waals surface area contributed by atoms with Crippen molar-refractivity contribution >= 4 is 43.4 Å². The molecule has 2 N–H and O–H groups in total. The largest absolute Gasteiger partial charge is 0.393 e. The van der Waals surface area contributed by atoms with E-state index in [0.29, 0.717) is 46.1 Å². The molecule has 4 nitrogen and oxygen atoms in total. The van der Waals surface area contributed by atoms with E-state index in [9.17, 15) is 19.8 Å². The Kier molecular flexibility index (Phi) is 10.7. The summed E-state index contributed by atoms with van der Waals surface area (Å²) in [4.78, 5) is 25.5. The van der Waals surface area contributed by atoms with Crippen LogP contribution in [-0.4, -0.2) is 43.6 Å². The predicted octanol–water partition coefficient (Wildman–Crippen LogP) is 9.94. The van der Waals surface area contributed by atoms with Gasteiger partial charge < -0.3 is 10.2 Å². The summed E-state index contributed by atoms with van der Waals surface area (Å²) in [6, 6.07) is 0. The Labute approximate surface area is 298 Å². The van der Waals surface area contributed by atoms with E-state index in [4.69, 9.17) is 0 Å². The quantitative estimate of drug-likeness (QED) is 0.241. The highest BCUT2D eigenvalue weighted by molar-refractivity contribution is 9.10. The van der Waals surface area contributed by atoms with E-state index in [1.54, 1.807) is 0 Å². The van der Waals surface area contributed by atoms with Gasteiger partial charge in [0.2, 0.25) is 0 Å². The van der Waals surface area contributed by atoms with E-state index in [0.717, 1.165) is 75.0 Å². The van der Waals surface area contributed by atoms with Crippen molar-refractivity contribution in [3.05, 3.63) is 0 Å². The van der Waals surface area contributed by atoms with Crippen LogP contribution >= 0.6 is 31.9 Å². The summed E-state index contributed by atoms with van der Waals surface area (Å²) in [6.07, 6.45) is 18.1. The van der Waals surface area contributed by atoms with Crippen molar-refractivity contribution in [2.45, 2.75) is 167 Å². The lowest BCUT2D eigenvalue weighted by Gasteiger charge is -2.60. The second kappa shape index (κ2) is 13.1. The molecule has 0 aromatic rings. The fraction of sp³-hybridized carbons (Fsp3) is 0.950. The van der Waals surface area contributed by atoms with Gasteiger partial charge in [0.1, 0.15) is 0 Å². The normalized spacial score (nSPS) is 55.4. The van der Waals surface area contributed by atoms with Crippen LogP contribution in [0, 0.1) is 69.0 Å². The molecule has 0 bridgehead atoms. The second-order valence-electron chi connectivity index (χ2n) is 18.2. The van der Waals surface area contributed by atoms with E-state index in [-0.39, 0.29) is 47.5 Å². The van der Waals surface area contributed by atoms with Gasteiger partial charge in [-0.1, -0.05) is 74.4 Å². The van der Waals surface area contributed by atoms with Gasteiger partial charge in [-0.25, -0.2) is 0 Å². The van der Waals surface area contributed by atoms with Gasteiger partial charge in [0, 0.05) is 10.8 Å². The van der Waals surface area contributed by atoms with Crippen molar-refractivity contribution < 1.29 is 19.8 Å². The highest BCUT2D eigenvalue weighted by atomic mass is 79.9. The molecule has 0 saturated heterocycles. The zero-order valence-corrected chi connectivity index (χ0v) is 30.9. The van der Waals surface area contributed by atoms with Gasteiger partial charge >= 0.3 is 0 Å². The first-order valence-electron chi connectivity index (χ1n) is 18.5. The van der Waals surface area contributed by atoms with E-state index in [1.807, 2.05) is 0 Å². The number of hydrogen-bond donors (Lipinski definition) is 2. The lowest BCUT2D eigenvalue weighted by atomic mass is 9.45. The first-order valence-corrected chi connectivity index (χ1v) is 20.3. The topological polar surface area (TPSA) is 74.6 Å². The summed E-state index contributed by atoms with van der Waals surface area (Å²) in [6.45, 7) is 9.50. The van der Waals surface area contributed by atoms with Crippen molar-refractivity contribution in [3.8, 4) is 0 Å². The van der Waals surface area contributed by atoms with Gasteiger partial charge in [-0.15, -0.1) is 0 Å². The Morgan fingerprint density at radius 2 is 0.891 bits per heavy atom. The highest BCUT2D eigenvalue weighted by Crippen LogP contribution is 2.67. The summed E-state index contributed by atoms with van der Waals surface area (Å²) in [5.41, 5.74) is 0.702. The van der Waals surface area contributed by atoms with Gasteiger partial charge in [0.25, 0.3) is 0 Å². The minimum absolute atomic E-state index is 0. The maximum absolute atomic E-state index is 12.7. The van der Waals surface area contributed by atoms with Crippen LogP contribution in [0.1, 0.15) is 145 Å². The third-order valence-corrected chi connectivity index (χ3v) is 18.3. The number of carbonyl (C=O) groups is 2. The fourth-order valence-corrected chi connectivity index (χ4v) is 15.8. The molecule has 16 atom stereocenters. The molecule has 0 aromatic carbocycles. The SMILES string of the molecule is C.C.C[C@]12CC[C@H](O)C[C@@H]1CC[C@@H]1[C@@H]2CC[C@]2(C)C(=O)[C@H](Br)C[C@@H]12.C[C@]12CC[C@H](O)C[C@@H]1CC[C@@H]1[C@@H]2CC[C@]2(C)C(=O)[C@H](Br)C[C@@H]12. The number of ketones is 2. The number of halogens is 2. The smallest absolute Gasteiger partial charge is 0.152 e. The van der Waals surface area contributed by atoms with Crippen LogP contribution in [-0.2, 0) is 9.59 Å². The van der Waals surface area contributed by atoms with Crippen LogP contribution in [0.2, 0.25) is 0 Å². The number of rotatable bonds is 0. The van der Waals surface area contributed by atoms with Gasteiger partial charge in [-0.3, -0.25) is 9.59 Å². The molecule has 8 aliphatic rings. The van der Waals surface area contributed by atoms with E-state index in [1.165, 1.54) is 51.4 Å². The Hall–Kier alpha value is 0.220. The summed E-state index contributed by atoms with van der Waals surface area (Å²) in [7, 11) is 0. The molecule has 0 spiro atoms. The highest BCUT2D eigenvalue weighted by Gasteiger charge is 2.63. The van der Waals surface area contributed by atoms with Gasteiger partial charge in [0.15, 0.2) is 11.6 Å². The molecule has 8 aliphatic carbocycles. The molecule has 46 heavy (non-hydrogen) atoms. The van der Waals surface area contributed by atoms with E-state index < -0.39 is 0 Å². The summed E-state index contributed by atoms with van der Waals surface area (Å²) >= 11 is 7.31. The van der Waals surface area contributed by atoms with Crippen LogP contribution in [0.3, 0.4) is 0 Å². The van der Waals surface area contributed by atoms with Crippen molar-refractivity contribution in [2.24, 2.45) is 69.0 Å². The Balaban J connectivity index is 0.000000174. The lowest BCUT2D eigenvalue weighted by molar-refractivity contribution is -0.142. The first kappa shape index (κ1) is 37.5. The molecule has 264 valence electrons. The number of hydrogen-bond acceptors (Lipinski definition) is 4. The summed E-state index contributed by atoms with van der Waals surface area (Å²) in [5.74, 6) is 6.58. The number of aliphatic hydroxyl groups is 2. The third-order valence-electron chi connectivity index (χ3n) is 16.7. The zero-order valence-electron chi connectivity index (χ0n) is 27.7. The van der Waals surface area contributed by atoms with Gasteiger partial charge in [-0.05, 0) is 161 Å². The lowest BCUT2D eigenvalue weighted by Crippen LogP contribution is -2.54. The maximum atomic E-state index is 12.7. The van der Waals surface area contributed by atoms with Gasteiger partial charge in [0.05, 0.1) is 21.9 Å². The molecule has 0 amide bonds. The Morgan fingerprint density at radius 1 is 0.522 bits per heavy atom. The molecule has 0 aromatic heterocycles. The minimum atomic E-state index is -0.0662. The second-order valence-corrected chi connectivity index (χ2v) is 20.4. The zero-order chi connectivity index (χ0) is 31.4. The maximum Gasteiger partial charge on any atom is 0.152 e. The van der Waals surface area contributed by atoms with Crippen LogP contribution in [0.15, 0.2) is 0 Å². The van der Waals surface area contributed by atoms with E-state index in [2.05, 4.69) is 59.6 Å². The summed E-state index contributed by atoms with van der Waals surface area (Å²) in [5, 5.41) is 20.1. The van der Waals surface area contributed by atoms with Crippen molar-refractivity contribution in [3.63, 3.8) is 0 Å². The van der Waals surface area contributed by atoms with Crippen molar-refractivity contribution in [1.29, 1.82) is 0 Å². The van der Waals surface area contributed by atoms with Crippen LogP contribution in [0.25, 0.3) is 0 Å². The van der Waals surface area contributed by atoms with Gasteiger partial charge in [-0.2, -0.15) is 0 Å². The molecular weight excluding hydrogens is 704 g/mol. The molecular formula is C40H66Br2O4. The Bertz CT molecular complexity index is 1070. The molecule has 0 heterocycles. The number of Topliss-reactive ketones (excluding diaryl/α,β-unsaturated/α-hetero) is 2. The minimum Gasteiger partial charge on any atom is -0.393 e. The number of carbonyl (C=O) groups excluding carboxylic acids is 2. The summed E-state index contributed by atoms with van der Waals surface area (Å²) < 4.78 is 0. The predicted molar refractivity (Wildman–Crippen MR) is 195 cm³/mol. The molecule has 0 aliphatic heterocycles. The number of alkyl halides is 2. The fourth-order valence-electron chi connectivity index (χ4n) is 14.0. The van der Waals surface area contributed by atoms with Crippen LogP contribution in [0.4, 0.5) is 0 Å². The average Bonchev–Trinajstić information content (AvgIpc) is 3.37. The molecule has 8 saturated carbocycles. The molecule has 0 unspecified atom stereocenters. The third kappa shape index (κ3) is 5.53. The van der Waals surface area contributed by atoms with Crippen LogP contribution in [0.5, 0.6) is 0 Å². The first-order chi connectivity index (χ1) is 20.7. The van der Waals surface area contributed by atoms with Crippen LogP contribution < -0.4 is 0 Å². The Morgan fingerprint density at radius 3 is 1.26 bits per heavy atom. The monoisotopic (exact) mass is 768 g/mol. The molecule has 8 rings (SSSR count). The average molecular weight is 771 g/mol. The molecule has 6 heteroatoms. The standard InChI is InChI=1S/2C19H29BrO2.2CH4/c2*1-18-7-5-12(21)9-11(18)3-4-13-14(18)6-8-19(2)15(13)10-16(20)17(19)22;;/h2*11-16,21H,3-10H2,1-2H3;2*1H4/t2*11-,12-,13+,14-,15-,16+,18-,19-;;/m00../s1. The van der Waals surface area contributed by atoms with E-state index >= 15 is 0 Å². The molecule has 0 radical (unpaired) electrons. The molecule has 8 fully saturated rings. The number of aliphatic hydroxyl groups excluding tert-OH is 2.